The molecule has 5 aliphatic rings. The molecule has 0 radical (unpaired) electrons. The maximum atomic E-state index is 12.9. The van der Waals surface area contributed by atoms with E-state index < -0.39 is 17.5 Å². The Balaban J connectivity index is 1.57. The highest BCUT2D eigenvalue weighted by Crippen LogP contribution is 2.75. The van der Waals surface area contributed by atoms with E-state index in [4.69, 9.17) is 4.74 Å². The second kappa shape index (κ2) is 8.09. The summed E-state index contributed by atoms with van der Waals surface area (Å²) in [7, 11) is 0. The molecule has 0 spiro atoms. The van der Waals surface area contributed by atoms with Crippen LogP contribution in [0.1, 0.15) is 113 Å². The van der Waals surface area contributed by atoms with Crippen molar-refractivity contribution in [1.82, 2.24) is 0 Å². The molecule has 4 heteroatoms. The highest BCUT2D eigenvalue weighted by Gasteiger charge is 2.70. The topological polar surface area (TPSA) is 63.6 Å². The number of hydrogen-bond acceptors (Lipinski definition) is 3. The van der Waals surface area contributed by atoms with E-state index in [1.807, 2.05) is 6.92 Å². The van der Waals surface area contributed by atoms with Crippen LogP contribution in [0.15, 0.2) is 11.6 Å². The van der Waals surface area contributed by atoms with Crippen molar-refractivity contribution in [3.63, 3.8) is 0 Å². The third-order valence-corrected chi connectivity index (χ3v) is 13.8. The average molecular weight is 499 g/mol. The molecule has 0 saturated heterocycles. The molecule has 5 aliphatic carbocycles. The zero-order valence-electron chi connectivity index (χ0n) is 24.1. The minimum Gasteiger partial charge on any atom is -0.481 e. The second-order valence-electron chi connectivity index (χ2n) is 15.0. The number of ether oxygens (including phenoxy) is 1. The van der Waals surface area contributed by atoms with Crippen molar-refractivity contribution < 1.29 is 19.4 Å². The normalized spacial score (nSPS) is 54.2. The first-order valence-corrected chi connectivity index (χ1v) is 14.8. The number of aliphatic carboxylic acids is 1. The lowest BCUT2D eigenvalue weighted by molar-refractivity contribution is -0.223. The maximum Gasteiger partial charge on any atom is 0.313 e. The third kappa shape index (κ3) is 3.17. The molecule has 1 N–H and O–H groups in total. The minimum absolute atomic E-state index is 0.0136. The second-order valence-corrected chi connectivity index (χ2v) is 15.0. The standard InChI is InChI=1S/C32H50O4/c1-19-11-14-28(4)17-18-30(6)22(26(28)20(19)2)9-10-23-29(5)15-13-25(36-21(3)33)32(8,27(34)35)24(29)12-16-31(23,30)7/h9,19-20,23-26H,10-18H2,1-8H3,(H,34,35)/t19-,20?,23?,24?,25?,26+,28?,29-,30+,31-,32-/m1/s1. The van der Waals surface area contributed by atoms with Crippen LogP contribution in [-0.4, -0.2) is 23.1 Å². The SMILES string of the molecule is CC(=O)OC1CC[C@@]2(C)C(CC[C@]3(C)C2CC=C2[C@@H]4C(C)[C@H](C)CCC4(C)CC[C@@]23C)[C@@]1(C)C(=O)O. The van der Waals surface area contributed by atoms with Gasteiger partial charge in [0.2, 0.25) is 0 Å². The molecular formula is C32H50O4. The summed E-state index contributed by atoms with van der Waals surface area (Å²) in [6, 6.07) is 0. The molecule has 11 atom stereocenters. The Kier molecular flexibility index (Phi) is 5.91. The van der Waals surface area contributed by atoms with Crippen molar-refractivity contribution in [3.05, 3.63) is 11.6 Å². The van der Waals surface area contributed by atoms with E-state index >= 15 is 0 Å². The molecule has 36 heavy (non-hydrogen) atoms. The third-order valence-electron chi connectivity index (χ3n) is 13.8. The summed E-state index contributed by atoms with van der Waals surface area (Å²) in [4.78, 5) is 24.8. The summed E-state index contributed by atoms with van der Waals surface area (Å²) >= 11 is 0. The molecule has 5 unspecified atom stereocenters. The number of carboxylic acid groups (broad SMARTS) is 1. The van der Waals surface area contributed by atoms with Gasteiger partial charge >= 0.3 is 11.9 Å². The molecule has 0 aromatic carbocycles. The zero-order valence-corrected chi connectivity index (χ0v) is 24.1. The Morgan fingerprint density at radius 3 is 2.25 bits per heavy atom. The number of rotatable bonds is 2. The molecular weight excluding hydrogens is 448 g/mol. The number of esters is 1. The van der Waals surface area contributed by atoms with Gasteiger partial charge in [0.15, 0.2) is 0 Å². The first-order valence-electron chi connectivity index (χ1n) is 14.8. The summed E-state index contributed by atoms with van der Waals surface area (Å²) in [6.45, 7) is 18.4. The van der Waals surface area contributed by atoms with E-state index in [-0.39, 0.29) is 28.1 Å². The monoisotopic (exact) mass is 498 g/mol. The Morgan fingerprint density at radius 1 is 0.917 bits per heavy atom. The van der Waals surface area contributed by atoms with E-state index in [0.29, 0.717) is 23.7 Å². The average Bonchev–Trinajstić information content (AvgIpc) is 2.79. The molecule has 0 amide bonds. The van der Waals surface area contributed by atoms with Crippen LogP contribution in [0.5, 0.6) is 0 Å². The smallest absolute Gasteiger partial charge is 0.313 e. The van der Waals surface area contributed by atoms with Crippen LogP contribution in [0.25, 0.3) is 0 Å². The van der Waals surface area contributed by atoms with Crippen molar-refractivity contribution in [3.8, 4) is 0 Å². The predicted octanol–water partition coefficient (Wildman–Crippen LogP) is 7.66. The molecule has 0 bridgehead atoms. The number of allylic oxidation sites excluding steroid dienone is 2. The van der Waals surface area contributed by atoms with Gasteiger partial charge < -0.3 is 9.84 Å². The largest absolute Gasteiger partial charge is 0.481 e. The molecule has 5 rings (SSSR count). The first kappa shape index (κ1) is 26.3. The number of carboxylic acids is 1. The summed E-state index contributed by atoms with van der Waals surface area (Å²) in [6.07, 6.45) is 12.0. The van der Waals surface area contributed by atoms with E-state index in [0.717, 1.165) is 37.5 Å². The number of carbonyl (C=O) groups excluding carboxylic acids is 1. The van der Waals surface area contributed by atoms with Crippen LogP contribution >= 0.6 is 0 Å². The molecule has 0 aromatic heterocycles. The van der Waals surface area contributed by atoms with Crippen LogP contribution < -0.4 is 0 Å². The van der Waals surface area contributed by atoms with Crippen LogP contribution in [0.4, 0.5) is 0 Å². The van der Waals surface area contributed by atoms with Gasteiger partial charge in [-0.2, -0.15) is 0 Å². The molecule has 4 fully saturated rings. The molecule has 4 nitrogen and oxygen atoms in total. The minimum atomic E-state index is -1.04. The van der Waals surface area contributed by atoms with Crippen LogP contribution in [-0.2, 0) is 14.3 Å². The van der Waals surface area contributed by atoms with Gasteiger partial charge in [0.25, 0.3) is 0 Å². The lowest BCUT2D eigenvalue weighted by atomic mass is 9.33. The van der Waals surface area contributed by atoms with Crippen molar-refractivity contribution >= 4 is 11.9 Å². The highest BCUT2D eigenvalue weighted by molar-refractivity contribution is 5.77. The number of hydrogen-bond donors (Lipinski definition) is 1. The fourth-order valence-electron chi connectivity index (χ4n) is 11.2. The highest BCUT2D eigenvalue weighted by atomic mass is 16.5. The molecule has 4 saturated carbocycles. The summed E-state index contributed by atoms with van der Waals surface area (Å²) in [5, 5.41) is 10.5. The van der Waals surface area contributed by atoms with Crippen molar-refractivity contribution in [2.24, 2.45) is 56.7 Å². The Bertz CT molecular complexity index is 985. The number of carbonyl (C=O) groups is 2. The molecule has 0 heterocycles. The maximum absolute atomic E-state index is 12.9. The lowest BCUT2D eigenvalue weighted by Crippen LogP contribution is -2.66. The van der Waals surface area contributed by atoms with E-state index in [2.05, 4.69) is 47.6 Å². The van der Waals surface area contributed by atoms with E-state index in [1.165, 1.54) is 32.6 Å². The summed E-state index contributed by atoms with van der Waals surface area (Å²) in [5.74, 6) is 1.47. The van der Waals surface area contributed by atoms with Gasteiger partial charge in [0.1, 0.15) is 11.5 Å². The van der Waals surface area contributed by atoms with Gasteiger partial charge in [-0.15, -0.1) is 0 Å². The molecule has 0 aliphatic heterocycles. The fraction of sp³-hybridized carbons (Fsp3) is 0.875. The van der Waals surface area contributed by atoms with Crippen molar-refractivity contribution in [1.29, 1.82) is 0 Å². The van der Waals surface area contributed by atoms with Crippen LogP contribution in [0.3, 0.4) is 0 Å². The van der Waals surface area contributed by atoms with E-state index in [9.17, 15) is 14.7 Å². The van der Waals surface area contributed by atoms with Gasteiger partial charge in [-0.3, -0.25) is 9.59 Å². The lowest BCUT2D eigenvalue weighted by Gasteiger charge is -2.71. The van der Waals surface area contributed by atoms with Crippen LogP contribution in [0, 0.1) is 56.7 Å². The van der Waals surface area contributed by atoms with Gasteiger partial charge in [0, 0.05) is 6.92 Å². The molecule has 202 valence electrons. The summed E-state index contributed by atoms with van der Waals surface area (Å²) < 4.78 is 5.69. The van der Waals surface area contributed by atoms with Gasteiger partial charge in [-0.25, -0.2) is 0 Å². The Labute approximate surface area is 219 Å². The van der Waals surface area contributed by atoms with Crippen molar-refractivity contribution in [2.45, 2.75) is 119 Å². The quantitative estimate of drug-likeness (QED) is 0.313. The van der Waals surface area contributed by atoms with Crippen molar-refractivity contribution in [2.75, 3.05) is 0 Å². The van der Waals surface area contributed by atoms with Gasteiger partial charge in [-0.05, 0) is 116 Å². The van der Waals surface area contributed by atoms with E-state index in [1.54, 1.807) is 5.57 Å². The van der Waals surface area contributed by atoms with Gasteiger partial charge in [0.05, 0.1) is 0 Å². The first-order chi connectivity index (χ1) is 16.6. The summed E-state index contributed by atoms with van der Waals surface area (Å²) in [5.41, 5.74) is 1.40. The Morgan fingerprint density at radius 2 is 1.61 bits per heavy atom. The Hall–Kier alpha value is -1.32. The predicted molar refractivity (Wildman–Crippen MR) is 142 cm³/mol. The van der Waals surface area contributed by atoms with Crippen LogP contribution in [0.2, 0.25) is 0 Å². The number of fused-ring (bicyclic) bond motifs is 7. The molecule has 0 aromatic rings. The van der Waals surface area contributed by atoms with Gasteiger partial charge in [-0.1, -0.05) is 53.2 Å². The fourth-order valence-corrected chi connectivity index (χ4v) is 11.2. The zero-order chi connectivity index (χ0) is 26.5.